The highest BCUT2D eigenvalue weighted by Crippen LogP contribution is 2.33. The Balaban J connectivity index is 1.23. The highest BCUT2D eigenvalue weighted by molar-refractivity contribution is 8.21. The van der Waals surface area contributed by atoms with Crippen molar-refractivity contribution >= 4 is 70.9 Å². The van der Waals surface area contributed by atoms with Gasteiger partial charge in [0.2, 0.25) is 0 Å². The van der Waals surface area contributed by atoms with Gasteiger partial charge in [-0.15, -0.1) is 47.0 Å². The van der Waals surface area contributed by atoms with Crippen LogP contribution in [0.2, 0.25) is 0 Å². The predicted molar refractivity (Wildman–Crippen MR) is 186 cm³/mol. The molecule has 10 nitrogen and oxygen atoms in total. The Morgan fingerprint density at radius 2 is 0.979 bits per heavy atom. The van der Waals surface area contributed by atoms with Crippen LogP contribution in [0.1, 0.15) is 11.1 Å². The van der Waals surface area contributed by atoms with E-state index in [-0.39, 0.29) is 47.5 Å². The smallest absolute Gasteiger partial charge is 0.330 e. The van der Waals surface area contributed by atoms with Crippen molar-refractivity contribution in [3.8, 4) is 11.5 Å². The van der Waals surface area contributed by atoms with Gasteiger partial charge >= 0.3 is 23.9 Å². The summed E-state index contributed by atoms with van der Waals surface area (Å²) in [5.41, 5.74) is 2.08. The van der Waals surface area contributed by atoms with Crippen LogP contribution in [0.5, 0.6) is 11.5 Å². The summed E-state index contributed by atoms with van der Waals surface area (Å²) in [5, 5.41) is 0. The van der Waals surface area contributed by atoms with Crippen LogP contribution in [-0.4, -0.2) is 94.7 Å². The summed E-state index contributed by atoms with van der Waals surface area (Å²) in [6.07, 6.45) is 1.20. The molecule has 2 atom stereocenters. The van der Waals surface area contributed by atoms with Gasteiger partial charge in [-0.2, -0.15) is 0 Å². The van der Waals surface area contributed by atoms with Crippen LogP contribution < -0.4 is 9.47 Å². The first-order valence-electron chi connectivity index (χ1n) is 14.7. The fourth-order valence-electron chi connectivity index (χ4n) is 4.15. The maximum Gasteiger partial charge on any atom is 0.330 e. The lowest BCUT2D eigenvalue weighted by Gasteiger charge is -2.19. The summed E-state index contributed by atoms with van der Waals surface area (Å²) < 4.78 is 32.5. The molecule has 0 amide bonds. The number of rotatable bonds is 18. The van der Waals surface area contributed by atoms with Crippen molar-refractivity contribution in [2.75, 3.05) is 49.4 Å². The average molecular weight is 721 g/mol. The molecule has 252 valence electrons. The van der Waals surface area contributed by atoms with Gasteiger partial charge in [-0.25, -0.2) is 19.2 Å². The molecule has 2 heterocycles. The summed E-state index contributed by atoms with van der Waals surface area (Å²) in [5.74, 6) is 2.81. The SMILES string of the molecule is C=CC(=O)OC(COC(=O)C1SCCS1)COc1ccc(Cc2ccc(OCC(COC(=O)C3SCCS3)OC(=O)C=C)cc2)cc1. The summed E-state index contributed by atoms with van der Waals surface area (Å²) in [6, 6.07) is 15.0. The van der Waals surface area contributed by atoms with E-state index < -0.39 is 24.1 Å². The fraction of sp³-hybridized carbons (Fsp3) is 0.394. The maximum atomic E-state index is 12.3. The third-order valence-corrected chi connectivity index (χ3v) is 12.4. The van der Waals surface area contributed by atoms with Crippen LogP contribution in [0.25, 0.3) is 0 Å². The van der Waals surface area contributed by atoms with E-state index >= 15 is 0 Å². The van der Waals surface area contributed by atoms with E-state index in [1.165, 1.54) is 47.0 Å². The molecule has 2 aromatic rings. The number of carbonyl (C=O) groups is 4. The molecule has 2 saturated heterocycles. The first-order valence-corrected chi connectivity index (χ1v) is 18.9. The Kier molecular flexibility index (Phi) is 15.3. The van der Waals surface area contributed by atoms with Crippen molar-refractivity contribution in [3.63, 3.8) is 0 Å². The first kappa shape index (κ1) is 36.6. The van der Waals surface area contributed by atoms with Crippen molar-refractivity contribution < 1.29 is 47.6 Å². The number of hydrogen-bond donors (Lipinski definition) is 0. The molecule has 0 spiro atoms. The molecule has 0 bridgehead atoms. The zero-order valence-electron chi connectivity index (χ0n) is 25.6. The van der Waals surface area contributed by atoms with Gasteiger partial charge in [0.25, 0.3) is 0 Å². The van der Waals surface area contributed by atoms with Gasteiger partial charge in [-0.1, -0.05) is 37.4 Å². The van der Waals surface area contributed by atoms with Crippen LogP contribution in [0, 0.1) is 0 Å². The van der Waals surface area contributed by atoms with Crippen LogP contribution in [0.15, 0.2) is 73.8 Å². The molecule has 2 unspecified atom stereocenters. The molecule has 2 fully saturated rings. The summed E-state index contributed by atoms with van der Waals surface area (Å²) >= 11 is 6.16. The molecular weight excluding hydrogens is 685 g/mol. The molecular formula is C33H36O10S4. The number of benzene rings is 2. The van der Waals surface area contributed by atoms with E-state index in [0.717, 1.165) is 46.3 Å². The normalized spacial score (nSPS) is 16.0. The van der Waals surface area contributed by atoms with Crippen molar-refractivity contribution in [1.29, 1.82) is 0 Å². The molecule has 0 aromatic heterocycles. The maximum absolute atomic E-state index is 12.3. The summed E-state index contributed by atoms with van der Waals surface area (Å²) in [4.78, 5) is 48.1. The van der Waals surface area contributed by atoms with E-state index in [0.29, 0.717) is 17.9 Å². The third-order valence-electron chi connectivity index (χ3n) is 6.48. The van der Waals surface area contributed by atoms with Crippen molar-refractivity contribution in [1.82, 2.24) is 0 Å². The van der Waals surface area contributed by atoms with Crippen molar-refractivity contribution in [2.45, 2.75) is 27.8 Å². The van der Waals surface area contributed by atoms with Gasteiger partial charge in [-0.05, 0) is 41.8 Å². The minimum atomic E-state index is -0.782. The van der Waals surface area contributed by atoms with E-state index in [4.69, 9.17) is 28.4 Å². The Morgan fingerprint density at radius 1 is 0.617 bits per heavy atom. The molecule has 0 radical (unpaired) electrons. The van der Waals surface area contributed by atoms with E-state index in [1.54, 1.807) is 0 Å². The quantitative estimate of drug-likeness (QED) is 0.117. The van der Waals surface area contributed by atoms with Crippen LogP contribution >= 0.6 is 47.0 Å². The lowest BCUT2D eigenvalue weighted by molar-refractivity contribution is -0.156. The summed E-state index contributed by atoms with van der Waals surface area (Å²) in [6.45, 7) is 6.63. The van der Waals surface area contributed by atoms with Crippen LogP contribution in [0.3, 0.4) is 0 Å². The van der Waals surface area contributed by atoms with Gasteiger partial charge in [0.05, 0.1) is 0 Å². The molecule has 0 aliphatic carbocycles. The molecule has 0 N–H and O–H groups in total. The lowest BCUT2D eigenvalue weighted by atomic mass is 10.0. The van der Waals surface area contributed by atoms with E-state index in [9.17, 15) is 19.2 Å². The van der Waals surface area contributed by atoms with Gasteiger partial charge in [0.15, 0.2) is 12.2 Å². The van der Waals surface area contributed by atoms with Gasteiger partial charge in [0.1, 0.15) is 47.1 Å². The van der Waals surface area contributed by atoms with E-state index in [2.05, 4.69) is 13.2 Å². The molecule has 2 aliphatic heterocycles. The standard InChI is InChI=1S/C33H36O10S4/c1-3-28(34)42-26(20-40-30(36)32-44-13-14-45-32)18-38-24-9-5-22(6-10-24)17-23-7-11-25(12-8-23)39-19-27(43-29(35)4-2)21-41-31(37)33-46-15-16-47-33/h3-12,26-27,32-33H,1-2,13-21H2. The topological polar surface area (TPSA) is 124 Å². The summed E-state index contributed by atoms with van der Waals surface area (Å²) in [7, 11) is 0. The molecule has 2 aliphatic rings. The Bertz CT molecular complexity index is 1250. The minimum Gasteiger partial charge on any atom is -0.490 e. The van der Waals surface area contributed by atoms with Crippen molar-refractivity contribution in [2.24, 2.45) is 0 Å². The zero-order valence-corrected chi connectivity index (χ0v) is 28.8. The number of esters is 4. The second-order valence-electron chi connectivity index (χ2n) is 10.0. The Hall–Kier alpha value is -3.20. The van der Waals surface area contributed by atoms with Gasteiger partial charge < -0.3 is 28.4 Å². The number of ether oxygens (including phenoxy) is 6. The first-order chi connectivity index (χ1) is 22.8. The Labute approximate surface area is 291 Å². The molecule has 47 heavy (non-hydrogen) atoms. The number of hydrogen-bond acceptors (Lipinski definition) is 14. The highest BCUT2D eigenvalue weighted by atomic mass is 32.2. The van der Waals surface area contributed by atoms with Crippen molar-refractivity contribution in [3.05, 3.63) is 85.0 Å². The minimum absolute atomic E-state index is 0.00730. The Morgan fingerprint density at radius 3 is 1.32 bits per heavy atom. The molecule has 14 heteroatoms. The molecule has 4 rings (SSSR count). The van der Waals surface area contributed by atoms with Gasteiger partial charge in [-0.3, -0.25) is 0 Å². The predicted octanol–water partition coefficient (Wildman–Crippen LogP) is 4.93. The molecule has 2 aromatic carbocycles. The third kappa shape index (κ3) is 12.7. The largest absolute Gasteiger partial charge is 0.490 e. The number of carbonyl (C=O) groups excluding carboxylic acids is 4. The second-order valence-corrected chi connectivity index (χ2v) is 15.5. The second kappa shape index (κ2) is 19.6. The highest BCUT2D eigenvalue weighted by Gasteiger charge is 2.28. The van der Waals surface area contributed by atoms with Crippen LogP contribution in [0.4, 0.5) is 0 Å². The number of thioether (sulfide) groups is 4. The van der Waals surface area contributed by atoms with Gasteiger partial charge in [0, 0.05) is 35.2 Å². The monoisotopic (exact) mass is 720 g/mol. The lowest BCUT2D eigenvalue weighted by Crippen LogP contribution is -2.31. The fourth-order valence-corrected chi connectivity index (χ4v) is 9.29. The van der Waals surface area contributed by atoms with Crippen LogP contribution in [-0.2, 0) is 44.5 Å². The van der Waals surface area contributed by atoms with E-state index in [1.807, 2.05) is 48.5 Å². The molecule has 0 saturated carbocycles. The average Bonchev–Trinajstić information content (AvgIpc) is 3.84. The zero-order chi connectivity index (χ0) is 33.4.